The topological polar surface area (TPSA) is 79.8 Å². The number of amides is 2. The maximum Gasteiger partial charge on any atom is 0.240 e. The van der Waals surface area contributed by atoms with E-state index in [4.69, 9.17) is 4.74 Å². The van der Waals surface area contributed by atoms with E-state index in [-0.39, 0.29) is 18.2 Å². The Balaban J connectivity index is 1.63. The standard InChI is InChI=1S/C18H19N3O3S/c1-24-10-9-19-18-21-17(23)15(25-18)11-16(22)20-14-8-4-6-12-5-2-3-7-13(12)14/h2-8,15H,9-11H2,1H3,(H,20,22)(H,19,21,23)/t15-/m1/s1. The molecular weight excluding hydrogens is 338 g/mol. The van der Waals surface area contributed by atoms with Gasteiger partial charge in [-0.2, -0.15) is 0 Å². The van der Waals surface area contributed by atoms with Gasteiger partial charge >= 0.3 is 0 Å². The van der Waals surface area contributed by atoms with Gasteiger partial charge in [0.1, 0.15) is 5.25 Å². The van der Waals surface area contributed by atoms with E-state index in [1.807, 2.05) is 42.5 Å². The second-order valence-electron chi connectivity index (χ2n) is 5.55. The van der Waals surface area contributed by atoms with Gasteiger partial charge in [0.15, 0.2) is 5.17 Å². The number of carbonyl (C=O) groups excluding carboxylic acids is 2. The van der Waals surface area contributed by atoms with E-state index in [0.717, 1.165) is 16.5 Å². The molecule has 2 aromatic carbocycles. The van der Waals surface area contributed by atoms with Gasteiger partial charge in [0, 0.05) is 24.6 Å². The van der Waals surface area contributed by atoms with E-state index in [2.05, 4.69) is 15.6 Å². The van der Waals surface area contributed by atoms with Crippen molar-refractivity contribution in [1.82, 2.24) is 5.32 Å². The zero-order chi connectivity index (χ0) is 17.6. The number of amidine groups is 1. The van der Waals surface area contributed by atoms with Crippen LogP contribution in [0.1, 0.15) is 6.42 Å². The lowest BCUT2D eigenvalue weighted by Crippen LogP contribution is -2.28. The molecule has 2 N–H and O–H groups in total. The van der Waals surface area contributed by atoms with Crippen LogP contribution in [-0.4, -0.2) is 42.5 Å². The van der Waals surface area contributed by atoms with E-state index in [1.54, 1.807) is 7.11 Å². The quantitative estimate of drug-likeness (QED) is 0.778. The van der Waals surface area contributed by atoms with Crippen LogP contribution in [0.25, 0.3) is 10.8 Å². The highest BCUT2D eigenvalue weighted by atomic mass is 32.2. The van der Waals surface area contributed by atoms with Gasteiger partial charge in [-0.3, -0.25) is 14.6 Å². The summed E-state index contributed by atoms with van der Waals surface area (Å²) in [6.45, 7) is 0.972. The minimum absolute atomic E-state index is 0.100. The number of carbonyl (C=O) groups is 2. The Hall–Kier alpha value is -2.38. The van der Waals surface area contributed by atoms with Crippen LogP contribution >= 0.6 is 11.8 Å². The zero-order valence-electron chi connectivity index (χ0n) is 13.8. The minimum atomic E-state index is -0.462. The minimum Gasteiger partial charge on any atom is -0.383 e. The van der Waals surface area contributed by atoms with Crippen LogP contribution < -0.4 is 10.6 Å². The number of anilines is 1. The van der Waals surface area contributed by atoms with Crippen LogP contribution in [0, 0.1) is 0 Å². The van der Waals surface area contributed by atoms with Gasteiger partial charge in [0.25, 0.3) is 0 Å². The smallest absolute Gasteiger partial charge is 0.240 e. The molecule has 0 aliphatic carbocycles. The van der Waals surface area contributed by atoms with Crippen molar-refractivity contribution in [2.75, 3.05) is 25.6 Å². The lowest BCUT2D eigenvalue weighted by Gasteiger charge is -2.10. The van der Waals surface area contributed by atoms with Crippen LogP contribution in [0.4, 0.5) is 5.69 Å². The highest BCUT2D eigenvalue weighted by Crippen LogP contribution is 2.25. The first-order valence-corrected chi connectivity index (χ1v) is 8.84. The maximum atomic E-state index is 12.4. The van der Waals surface area contributed by atoms with Gasteiger partial charge in [-0.05, 0) is 11.5 Å². The Morgan fingerprint density at radius 3 is 2.92 bits per heavy atom. The number of fused-ring (bicyclic) bond motifs is 1. The third kappa shape index (κ3) is 4.37. The summed E-state index contributed by atoms with van der Waals surface area (Å²) in [6, 6.07) is 13.6. The molecule has 1 saturated heterocycles. The van der Waals surface area contributed by atoms with Crippen molar-refractivity contribution in [2.24, 2.45) is 4.99 Å². The third-order valence-corrected chi connectivity index (χ3v) is 4.88. The van der Waals surface area contributed by atoms with E-state index in [9.17, 15) is 9.59 Å². The number of hydrogen-bond donors (Lipinski definition) is 2. The lowest BCUT2D eigenvalue weighted by atomic mass is 10.1. The van der Waals surface area contributed by atoms with E-state index < -0.39 is 5.25 Å². The Morgan fingerprint density at radius 1 is 1.28 bits per heavy atom. The molecule has 0 saturated carbocycles. The van der Waals surface area contributed by atoms with Crippen molar-refractivity contribution in [1.29, 1.82) is 0 Å². The van der Waals surface area contributed by atoms with Crippen molar-refractivity contribution in [2.45, 2.75) is 11.7 Å². The summed E-state index contributed by atoms with van der Waals surface area (Å²) in [5.74, 6) is -0.378. The van der Waals surface area contributed by atoms with Crippen LogP contribution in [0.15, 0.2) is 47.5 Å². The number of nitrogens with one attached hydrogen (secondary N) is 2. The molecular formula is C18H19N3O3S. The fourth-order valence-corrected chi connectivity index (χ4v) is 3.55. The number of methoxy groups -OCH3 is 1. The molecule has 1 aliphatic rings. The third-order valence-electron chi connectivity index (χ3n) is 3.76. The van der Waals surface area contributed by atoms with Gasteiger partial charge in [-0.15, -0.1) is 0 Å². The lowest BCUT2D eigenvalue weighted by molar-refractivity contribution is -0.122. The van der Waals surface area contributed by atoms with Crippen molar-refractivity contribution in [3.8, 4) is 0 Å². The molecule has 3 rings (SSSR count). The molecule has 0 aromatic heterocycles. The van der Waals surface area contributed by atoms with Crippen molar-refractivity contribution in [3.05, 3.63) is 42.5 Å². The summed E-state index contributed by atoms with van der Waals surface area (Å²) < 4.78 is 4.93. The Bertz CT molecular complexity index is 817. The van der Waals surface area contributed by atoms with Crippen molar-refractivity contribution in [3.63, 3.8) is 0 Å². The SMILES string of the molecule is COCCN=C1NC(=O)[C@@H](CC(=O)Nc2cccc3ccccc23)S1. The van der Waals surface area contributed by atoms with Crippen molar-refractivity contribution >= 4 is 45.2 Å². The molecule has 0 radical (unpaired) electrons. The van der Waals surface area contributed by atoms with Gasteiger partial charge < -0.3 is 15.4 Å². The predicted molar refractivity (Wildman–Crippen MR) is 101 cm³/mol. The van der Waals surface area contributed by atoms with Gasteiger partial charge in [-0.25, -0.2) is 0 Å². The molecule has 2 aromatic rings. The van der Waals surface area contributed by atoms with Crippen LogP contribution in [0.5, 0.6) is 0 Å². The fourth-order valence-electron chi connectivity index (χ4n) is 2.56. The molecule has 1 heterocycles. The number of aliphatic imine (C=N–C) groups is 1. The number of thioether (sulfide) groups is 1. The molecule has 1 atom stereocenters. The van der Waals surface area contributed by atoms with E-state index in [0.29, 0.717) is 18.3 Å². The number of nitrogens with zero attached hydrogens (tertiary/aromatic N) is 1. The monoisotopic (exact) mass is 357 g/mol. The molecule has 2 amide bonds. The van der Waals surface area contributed by atoms with Crippen LogP contribution in [0.2, 0.25) is 0 Å². The normalized spacial score (nSPS) is 18.5. The first-order chi connectivity index (χ1) is 12.2. The molecule has 0 spiro atoms. The molecule has 6 nitrogen and oxygen atoms in total. The number of ether oxygens (including phenoxy) is 1. The van der Waals surface area contributed by atoms with Crippen molar-refractivity contribution < 1.29 is 14.3 Å². The summed E-state index contributed by atoms with van der Waals surface area (Å²) in [5.41, 5.74) is 0.750. The summed E-state index contributed by atoms with van der Waals surface area (Å²) >= 11 is 1.28. The summed E-state index contributed by atoms with van der Waals surface area (Å²) in [6.07, 6.45) is 0.100. The molecule has 7 heteroatoms. The molecule has 25 heavy (non-hydrogen) atoms. The maximum absolute atomic E-state index is 12.4. The molecule has 1 aliphatic heterocycles. The summed E-state index contributed by atoms with van der Waals surface area (Å²) in [7, 11) is 1.60. The summed E-state index contributed by atoms with van der Waals surface area (Å²) in [5, 5.41) is 7.72. The molecule has 0 bridgehead atoms. The highest BCUT2D eigenvalue weighted by molar-refractivity contribution is 8.15. The van der Waals surface area contributed by atoms with E-state index >= 15 is 0 Å². The highest BCUT2D eigenvalue weighted by Gasteiger charge is 2.32. The zero-order valence-corrected chi connectivity index (χ0v) is 14.6. The molecule has 0 unspecified atom stereocenters. The Labute approximate surface area is 150 Å². The Morgan fingerprint density at radius 2 is 2.08 bits per heavy atom. The first-order valence-electron chi connectivity index (χ1n) is 7.96. The fraction of sp³-hybridized carbons (Fsp3) is 0.278. The molecule has 1 fully saturated rings. The summed E-state index contributed by atoms with van der Waals surface area (Å²) in [4.78, 5) is 28.6. The predicted octanol–water partition coefficient (Wildman–Crippen LogP) is 2.40. The number of rotatable bonds is 6. The number of hydrogen-bond acceptors (Lipinski definition) is 5. The van der Waals surface area contributed by atoms with Gasteiger partial charge in [-0.1, -0.05) is 48.2 Å². The van der Waals surface area contributed by atoms with Crippen LogP contribution in [0.3, 0.4) is 0 Å². The first kappa shape index (κ1) is 17.4. The second-order valence-corrected chi connectivity index (χ2v) is 6.75. The van der Waals surface area contributed by atoms with Crippen LogP contribution in [-0.2, 0) is 14.3 Å². The van der Waals surface area contributed by atoms with E-state index in [1.165, 1.54) is 11.8 Å². The Kier molecular flexibility index (Phi) is 5.67. The van der Waals surface area contributed by atoms with Gasteiger partial charge in [0.2, 0.25) is 11.8 Å². The number of benzene rings is 2. The second kappa shape index (κ2) is 8.13. The average molecular weight is 357 g/mol. The largest absolute Gasteiger partial charge is 0.383 e. The molecule has 130 valence electrons. The average Bonchev–Trinajstić information content (AvgIpc) is 2.95. The van der Waals surface area contributed by atoms with Gasteiger partial charge in [0.05, 0.1) is 13.2 Å².